The van der Waals surface area contributed by atoms with Gasteiger partial charge in [-0.3, -0.25) is 9.59 Å². The van der Waals surface area contributed by atoms with Gasteiger partial charge in [-0.25, -0.2) is 4.98 Å². The number of aliphatic hydroxyl groups excluding tert-OH is 1. The lowest BCUT2D eigenvalue weighted by Crippen LogP contribution is -2.46. The van der Waals surface area contributed by atoms with Gasteiger partial charge in [0.1, 0.15) is 0 Å². The van der Waals surface area contributed by atoms with Crippen molar-refractivity contribution in [3.05, 3.63) is 41.0 Å². The molecular weight excluding hydrogens is 396 g/mol. The summed E-state index contributed by atoms with van der Waals surface area (Å²) in [5, 5.41) is 10.1. The number of aliphatic hydroxyl groups is 1. The van der Waals surface area contributed by atoms with E-state index in [0.29, 0.717) is 19.3 Å². The normalized spacial score (nSPS) is 20.4. The van der Waals surface area contributed by atoms with Gasteiger partial charge in [0.15, 0.2) is 5.78 Å². The Morgan fingerprint density at radius 3 is 2.50 bits per heavy atom. The number of nitrogens with zero attached hydrogens (tertiary/aromatic N) is 2. The molecule has 30 heavy (non-hydrogen) atoms. The summed E-state index contributed by atoms with van der Waals surface area (Å²) in [6, 6.07) is 7.73. The van der Waals surface area contributed by atoms with Crippen LogP contribution in [0.3, 0.4) is 0 Å². The molecule has 6 heteroatoms. The second-order valence-electron chi connectivity index (χ2n) is 9.41. The number of rotatable bonds is 6. The van der Waals surface area contributed by atoms with Crippen LogP contribution in [0.1, 0.15) is 51.8 Å². The predicted molar refractivity (Wildman–Crippen MR) is 120 cm³/mol. The predicted octanol–water partition coefficient (Wildman–Crippen LogP) is 4.26. The number of Topliss-reactive ketones (excluding diaryl/α,β-unsaturated/α-hetero) is 1. The number of aromatic nitrogens is 1. The fourth-order valence-electron chi connectivity index (χ4n) is 3.82. The maximum atomic E-state index is 13.0. The molecule has 3 atom stereocenters. The van der Waals surface area contributed by atoms with Gasteiger partial charge in [-0.15, -0.1) is 11.3 Å². The number of hydrogen-bond donors (Lipinski definition) is 1. The molecule has 1 aromatic carbocycles. The van der Waals surface area contributed by atoms with Crippen molar-refractivity contribution in [1.29, 1.82) is 0 Å². The Labute approximate surface area is 183 Å². The molecule has 0 aliphatic carbocycles. The second kappa shape index (κ2) is 8.98. The lowest BCUT2D eigenvalue weighted by Gasteiger charge is -2.32. The highest BCUT2D eigenvalue weighted by Crippen LogP contribution is 2.31. The van der Waals surface area contributed by atoms with Gasteiger partial charge >= 0.3 is 0 Å². The molecule has 1 N–H and O–H groups in total. The van der Waals surface area contributed by atoms with Crippen LogP contribution in [0.5, 0.6) is 0 Å². The molecule has 1 fully saturated rings. The second-order valence-corrected chi connectivity index (χ2v) is 10.3. The van der Waals surface area contributed by atoms with E-state index in [2.05, 4.69) is 29.2 Å². The van der Waals surface area contributed by atoms with Crippen molar-refractivity contribution in [3.8, 4) is 10.4 Å². The summed E-state index contributed by atoms with van der Waals surface area (Å²) in [6.45, 7) is 10.2. The Kier molecular flexibility index (Phi) is 6.78. The number of carbonyl (C=O) groups excluding carboxylic acids is 2. The number of ketones is 1. The summed E-state index contributed by atoms with van der Waals surface area (Å²) < 4.78 is 0. The highest BCUT2D eigenvalue weighted by atomic mass is 32.1. The van der Waals surface area contributed by atoms with Crippen LogP contribution in [0.15, 0.2) is 29.8 Å². The Morgan fingerprint density at radius 2 is 1.93 bits per heavy atom. The van der Waals surface area contributed by atoms with Crippen molar-refractivity contribution >= 4 is 23.0 Å². The third-order valence-electron chi connectivity index (χ3n) is 6.22. The smallest absolute Gasteiger partial charge is 0.226 e. The van der Waals surface area contributed by atoms with Gasteiger partial charge in [0, 0.05) is 25.3 Å². The van der Waals surface area contributed by atoms with Crippen LogP contribution in [-0.4, -0.2) is 45.4 Å². The molecule has 1 unspecified atom stereocenters. The maximum absolute atomic E-state index is 13.0. The lowest BCUT2D eigenvalue weighted by atomic mass is 9.81. The van der Waals surface area contributed by atoms with Gasteiger partial charge in [-0.05, 0) is 29.9 Å². The largest absolute Gasteiger partial charge is 0.391 e. The maximum Gasteiger partial charge on any atom is 0.226 e. The highest BCUT2D eigenvalue weighted by Gasteiger charge is 2.41. The highest BCUT2D eigenvalue weighted by molar-refractivity contribution is 7.13. The number of aryl methyl sites for hydroxylation is 2. The van der Waals surface area contributed by atoms with E-state index >= 15 is 0 Å². The van der Waals surface area contributed by atoms with Gasteiger partial charge in [-0.2, -0.15) is 0 Å². The van der Waals surface area contributed by atoms with E-state index in [1.807, 2.05) is 40.1 Å². The number of carbonyl (C=O) groups is 2. The van der Waals surface area contributed by atoms with Crippen molar-refractivity contribution in [2.24, 2.45) is 11.3 Å². The Bertz CT molecular complexity index is 898. The third-order valence-corrected chi connectivity index (χ3v) is 7.20. The number of β-amino-alcohol motifs (C(OH)–C–C–N with tert-alkyl or cyclic N) is 1. The first-order valence-corrected chi connectivity index (χ1v) is 11.5. The number of thiazole rings is 1. The first-order chi connectivity index (χ1) is 14.1. The first-order valence-electron chi connectivity index (χ1n) is 10.6. The van der Waals surface area contributed by atoms with Crippen LogP contribution >= 0.6 is 11.3 Å². The fraction of sp³-hybridized carbons (Fsp3) is 0.542. The number of hydrogen-bond acceptors (Lipinski definition) is 5. The zero-order valence-corrected chi connectivity index (χ0v) is 19.3. The van der Waals surface area contributed by atoms with E-state index in [1.165, 1.54) is 4.88 Å². The quantitative estimate of drug-likeness (QED) is 0.746. The molecule has 0 radical (unpaired) electrons. The Hall–Kier alpha value is -2.05. The molecule has 0 spiro atoms. The van der Waals surface area contributed by atoms with Gasteiger partial charge in [0.05, 0.1) is 28.2 Å². The zero-order chi connectivity index (χ0) is 22.1. The number of likely N-dealkylation sites (tertiary alicyclic amines) is 1. The molecule has 1 amide bonds. The van der Waals surface area contributed by atoms with Crippen LogP contribution in [0.25, 0.3) is 10.4 Å². The molecule has 1 saturated heterocycles. The lowest BCUT2D eigenvalue weighted by molar-refractivity contribution is -0.143. The van der Waals surface area contributed by atoms with E-state index < -0.39 is 12.1 Å². The van der Waals surface area contributed by atoms with Crippen molar-refractivity contribution in [3.63, 3.8) is 0 Å². The Morgan fingerprint density at radius 1 is 1.27 bits per heavy atom. The van der Waals surface area contributed by atoms with Crippen LogP contribution in [0, 0.1) is 18.3 Å². The summed E-state index contributed by atoms with van der Waals surface area (Å²) in [4.78, 5) is 33.0. The van der Waals surface area contributed by atoms with Crippen LogP contribution in [0.4, 0.5) is 0 Å². The summed E-state index contributed by atoms with van der Waals surface area (Å²) in [7, 11) is 0. The van der Waals surface area contributed by atoms with Crippen molar-refractivity contribution < 1.29 is 14.7 Å². The summed E-state index contributed by atoms with van der Waals surface area (Å²) >= 11 is 1.62. The Balaban J connectivity index is 1.63. The van der Waals surface area contributed by atoms with Crippen molar-refractivity contribution in [2.45, 2.75) is 66.0 Å². The van der Waals surface area contributed by atoms with Gasteiger partial charge in [-0.1, -0.05) is 52.0 Å². The average molecular weight is 429 g/mol. The molecular formula is C24H32N2O3S. The van der Waals surface area contributed by atoms with Crippen molar-refractivity contribution in [1.82, 2.24) is 9.88 Å². The summed E-state index contributed by atoms with van der Waals surface area (Å²) in [5.41, 5.74) is 4.92. The van der Waals surface area contributed by atoms with Gasteiger partial charge in [0.2, 0.25) is 5.91 Å². The van der Waals surface area contributed by atoms with Crippen LogP contribution in [-0.2, 0) is 16.0 Å². The summed E-state index contributed by atoms with van der Waals surface area (Å²) in [6.07, 6.45) is 0.705. The van der Waals surface area contributed by atoms with E-state index in [-0.39, 0.29) is 29.6 Å². The van der Waals surface area contributed by atoms with E-state index in [4.69, 9.17) is 0 Å². The van der Waals surface area contributed by atoms with Crippen molar-refractivity contribution in [2.75, 3.05) is 6.54 Å². The zero-order valence-electron chi connectivity index (χ0n) is 18.5. The van der Waals surface area contributed by atoms with E-state index in [9.17, 15) is 14.7 Å². The number of benzene rings is 1. The minimum atomic E-state index is -0.628. The average Bonchev–Trinajstić information content (AvgIpc) is 3.30. The molecule has 1 aliphatic rings. The van der Waals surface area contributed by atoms with E-state index in [1.54, 1.807) is 16.2 Å². The first kappa shape index (κ1) is 22.6. The molecule has 3 rings (SSSR count). The molecule has 2 heterocycles. The SMILES string of the molecule is Cc1ncsc1-c1ccc(CCC(=O)[C@@H]2C[C@@H](O)CN2C(=O)C(C)C(C)(C)C)cc1. The number of amides is 1. The third kappa shape index (κ3) is 4.98. The summed E-state index contributed by atoms with van der Waals surface area (Å²) in [5.74, 6) is -0.217. The minimum Gasteiger partial charge on any atom is -0.391 e. The molecule has 162 valence electrons. The van der Waals surface area contributed by atoms with Crippen LogP contribution < -0.4 is 0 Å². The van der Waals surface area contributed by atoms with Gasteiger partial charge < -0.3 is 10.0 Å². The molecule has 1 aromatic heterocycles. The monoisotopic (exact) mass is 428 g/mol. The molecule has 2 aromatic rings. The molecule has 0 saturated carbocycles. The molecule has 0 bridgehead atoms. The van der Waals surface area contributed by atoms with E-state index in [0.717, 1.165) is 16.8 Å². The standard InChI is InChI=1S/C24H32N2O3S/c1-15(24(3,4)5)23(29)26-13-19(27)12-20(26)21(28)11-8-17-6-9-18(10-7-17)22-16(2)25-14-30-22/h6-7,9-10,14-15,19-20,27H,8,11-13H2,1-5H3/t15?,19-,20+/m1/s1. The topological polar surface area (TPSA) is 70.5 Å². The van der Waals surface area contributed by atoms with Crippen LogP contribution in [0.2, 0.25) is 0 Å². The molecule has 1 aliphatic heterocycles. The van der Waals surface area contributed by atoms with Gasteiger partial charge in [0.25, 0.3) is 0 Å². The fourth-order valence-corrected chi connectivity index (χ4v) is 4.63. The molecule has 5 nitrogen and oxygen atoms in total. The minimum absolute atomic E-state index is 0.0309.